The molecule has 1 heterocycles. The zero-order valence-electron chi connectivity index (χ0n) is 17.1. The second kappa shape index (κ2) is 10.2. The Balaban J connectivity index is 1.71. The number of rotatable bonds is 6. The van der Waals surface area contributed by atoms with Gasteiger partial charge >= 0.3 is 5.97 Å². The van der Waals surface area contributed by atoms with Gasteiger partial charge in [0, 0.05) is 10.2 Å². The Morgan fingerprint density at radius 2 is 1.58 bits per heavy atom. The van der Waals surface area contributed by atoms with Crippen LogP contribution in [0.3, 0.4) is 0 Å². The van der Waals surface area contributed by atoms with Crippen LogP contribution in [0.15, 0.2) is 22.7 Å². The lowest BCUT2D eigenvalue weighted by Gasteiger charge is -2.21. The number of ether oxygens (including phenoxy) is 1. The molecule has 1 aliphatic rings. The molecular formula is C21H15BrCl4N2O5. The van der Waals surface area contributed by atoms with E-state index in [9.17, 15) is 19.2 Å². The lowest BCUT2D eigenvalue weighted by Crippen LogP contribution is -2.44. The average molecular weight is 597 g/mol. The van der Waals surface area contributed by atoms with Gasteiger partial charge in [-0.3, -0.25) is 19.3 Å². The van der Waals surface area contributed by atoms with Gasteiger partial charge in [0.1, 0.15) is 6.04 Å². The Kier molecular flexibility index (Phi) is 7.96. The number of nitrogens with one attached hydrogen (secondary N) is 1. The summed E-state index contributed by atoms with van der Waals surface area (Å²) in [7, 11) is 0. The van der Waals surface area contributed by atoms with E-state index in [-0.39, 0.29) is 31.2 Å². The third-order valence-electron chi connectivity index (χ3n) is 4.93. The maximum Gasteiger partial charge on any atom is 0.329 e. The summed E-state index contributed by atoms with van der Waals surface area (Å²) in [6.45, 7) is 2.58. The van der Waals surface area contributed by atoms with Gasteiger partial charge in [0.25, 0.3) is 17.7 Å². The van der Waals surface area contributed by atoms with Gasteiger partial charge < -0.3 is 10.1 Å². The minimum atomic E-state index is -1.37. The molecule has 0 fully saturated rings. The van der Waals surface area contributed by atoms with E-state index in [2.05, 4.69) is 21.2 Å². The molecule has 0 spiro atoms. The molecule has 7 nitrogen and oxygen atoms in total. The van der Waals surface area contributed by atoms with Crippen LogP contribution >= 0.6 is 62.3 Å². The first-order valence-corrected chi connectivity index (χ1v) is 11.8. The summed E-state index contributed by atoms with van der Waals surface area (Å²) < 4.78 is 5.89. The summed E-state index contributed by atoms with van der Waals surface area (Å²) in [5, 5.41) is 1.80. The summed E-state index contributed by atoms with van der Waals surface area (Å²) in [5.41, 5.74) is 0.962. The Morgan fingerprint density at radius 1 is 1.03 bits per heavy atom. The van der Waals surface area contributed by atoms with E-state index < -0.39 is 36.3 Å². The molecular weight excluding hydrogens is 582 g/mol. The number of fused-ring (bicyclic) bond motifs is 1. The molecule has 0 saturated carbocycles. The second-order valence-corrected chi connectivity index (χ2v) is 9.40. The number of imide groups is 1. The highest BCUT2D eigenvalue weighted by molar-refractivity contribution is 9.10. The largest absolute Gasteiger partial charge is 0.454 e. The van der Waals surface area contributed by atoms with Crippen molar-refractivity contribution >= 4 is 91.7 Å². The monoisotopic (exact) mass is 594 g/mol. The lowest BCUT2D eigenvalue weighted by molar-refractivity contribution is -0.150. The van der Waals surface area contributed by atoms with E-state index >= 15 is 0 Å². The van der Waals surface area contributed by atoms with Crippen LogP contribution in [0, 0.1) is 0 Å². The summed E-state index contributed by atoms with van der Waals surface area (Å²) in [6.07, 6.45) is 0.671. The lowest BCUT2D eigenvalue weighted by atomic mass is 10.1. The van der Waals surface area contributed by atoms with Crippen LogP contribution in [0.25, 0.3) is 0 Å². The molecule has 3 rings (SSSR count). The molecule has 1 N–H and O–H groups in total. The quantitative estimate of drug-likeness (QED) is 0.197. The van der Waals surface area contributed by atoms with Crippen molar-refractivity contribution in [3.05, 3.63) is 59.5 Å². The molecule has 3 amide bonds. The van der Waals surface area contributed by atoms with Crippen LogP contribution in [-0.4, -0.2) is 41.2 Å². The third-order valence-corrected chi connectivity index (χ3v) is 7.22. The van der Waals surface area contributed by atoms with Crippen molar-refractivity contribution in [1.82, 2.24) is 4.90 Å². The molecule has 1 atom stereocenters. The van der Waals surface area contributed by atoms with Gasteiger partial charge in [-0.05, 0) is 37.1 Å². The summed E-state index contributed by atoms with van der Waals surface area (Å²) in [6, 6.07) is 3.97. The van der Waals surface area contributed by atoms with Crippen molar-refractivity contribution in [2.75, 3.05) is 11.9 Å². The van der Waals surface area contributed by atoms with Crippen LogP contribution < -0.4 is 5.32 Å². The fourth-order valence-corrected chi connectivity index (χ4v) is 4.67. The predicted molar refractivity (Wildman–Crippen MR) is 130 cm³/mol. The maximum atomic E-state index is 12.8. The Labute approximate surface area is 217 Å². The van der Waals surface area contributed by atoms with E-state index in [4.69, 9.17) is 51.1 Å². The molecule has 0 aliphatic carbocycles. The van der Waals surface area contributed by atoms with E-state index in [1.54, 1.807) is 12.1 Å². The molecule has 0 radical (unpaired) electrons. The molecule has 174 valence electrons. The van der Waals surface area contributed by atoms with Gasteiger partial charge in [-0.2, -0.15) is 0 Å². The minimum Gasteiger partial charge on any atom is -0.454 e. The zero-order chi connectivity index (χ0) is 24.6. The second-order valence-electron chi connectivity index (χ2n) is 6.97. The molecule has 2 aromatic rings. The summed E-state index contributed by atoms with van der Waals surface area (Å²) in [5.74, 6) is -3.32. The first-order valence-electron chi connectivity index (χ1n) is 9.48. The zero-order valence-corrected chi connectivity index (χ0v) is 21.7. The van der Waals surface area contributed by atoms with Crippen LogP contribution in [0.4, 0.5) is 5.69 Å². The Hall–Kier alpha value is -1.84. The Bertz CT molecular complexity index is 1160. The fourth-order valence-electron chi connectivity index (χ4n) is 3.24. The predicted octanol–water partition coefficient (Wildman–Crippen LogP) is 5.79. The van der Waals surface area contributed by atoms with Gasteiger partial charge in [0.15, 0.2) is 6.61 Å². The van der Waals surface area contributed by atoms with Crippen molar-refractivity contribution in [2.45, 2.75) is 26.3 Å². The number of esters is 1. The van der Waals surface area contributed by atoms with Crippen LogP contribution in [0.5, 0.6) is 0 Å². The molecule has 12 heteroatoms. The highest BCUT2D eigenvalue weighted by Gasteiger charge is 2.45. The number of carbonyl (C=O) groups excluding carboxylic acids is 4. The van der Waals surface area contributed by atoms with Crippen LogP contribution in [0.1, 0.15) is 40.1 Å². The maximum absolute atomic E-state index is 12.8. The third kappa shape index (κ3) is 4.86. The molecule has 33 heavy (non-hydrogen) atoms. The number of hydrogen-bond donors (Lipinski definition) is 1. The number of benzene rings is 2. The normalized spacial score (nSPS) is 13.7. The first kappa shape index (κ1) is 25.8. The summed E-state index contributed by atoms with van der Waals surface area (Å²) >= 11 is 27.5. The highest BCUT2D eigenvalue weighted by atomic mass is 79.9. The molecule has 0 bridgehead atoms. The minimum absolute atomic E-state index is 0.184. The van der Waals surface area contributed by atoms with E-state index in [1.165, 1.54) is 6.92 Å². The van der Waals surface area contributed by atoms with Gasteiger partial charge in [-0.1, -0.05) is 69.3 Å². The molecule has 1 aliphatic heterocycles. The number of aryl methyl sites for hydroxylation is 1. The number of hydrogen-bond acceptors (Lipinski definition) is 5. The standard InChI is InChI=1S/C21H15BrCl4N2O5/c1-3-9-6-10(22)4-5-11(9)27-12(29)7-33-21(32)8(2)28-19(30)13-14(20(28)31)16(24)18(26)17(25)15(13)23/h4-6,8H,3,7H2,1-2H3,(H,27,29)/t8-/m0/s1. The van der Waals surface area contributed by atoms with Gasteiger partial charge in [-0.15, -0.1) is 0 Å². The number of nitrogens with zero attached hydrogens (tertiary/aromatic N) is 1. The SMILES string of the molecule is CCc1cc(Br)ccc1NC(=O)COC(=O)[C@H](C)N1C(=O)c2c(Cl)c(Cl)c(Cl)c(Cl)c2C1=O. The summed E-state index contributed by atoms with van der Waals surface area (Å²) in [4.78, 5) is 51.1. The van der Waals surface area contributed by atoms with Crippen LogP contribution in [0.2, 0.25) is 20.1 Å². The number of halogens is 5. The highest BCUT2D eigenvalue weighted by Crippen LogP contribution is 2.45. The number of carbonyl (C=O) groups is 4. The number of anilines is 1. The van der Waals surface area contributed by atoms with Crippen LogP contribution in [-0.2, 0) is 20.7 Å². The topological polar surface area (TPSA) is 92.8 Å². The van der Waals surface area contributed by atoms with Gasteiger partial charge in [0.05, 0.1) is 31.2 Å². The van der Waals surface area contributed by atoms with E-state index in [0.717, 1.165) is 10.0 Å². The Morgan fingerprint density at radius 3 is 2.09 bits per heavy atom. The molecule has 0 unspecified atom stereocenters. The molecule has 2 aromatic carbocycles. The fraction of sp³-hybridized carbons (Fsp3) is 0.238. The van der Waals surface area contributed by atoms with Gasteiger partial charge in [-0.25, -0.2) is 4.79 Å². The van der Waals surface area contributed by atoms with E-state index in [1.807, 2.05) is 13.0 Å². The van der Waals surface area contributed by atoms with Crippen molar-refractivity contribution < 1.29 is 23.9 Å². The van der Waals surface area contributed by atoms with Gasteiger partial charge in [0.2, 0.25) is 0 Å². The molecule has 0 aromatic heterocycles. The number of amides is 3. The van der Waals surface area contributed by atoms with Crippen molar-refractivity contribution in [3.8, 4) is 0 Å². The average Bonchev–Trinajstić information content (AvgIpc) is 3.05. The van der Waals surface area contributed by atoms with E-state index in [0.29, 0.717) is 17.0 Å². The van der Waals surface area contributed by atoms with Crippen molar-refractivity contribution in [1.29, 1.82) is 0 Å². The van der Waals surface area contributed by atoms with Crippen molar-refractivity contribution in [3.63, 3.8) is 0 Å². The van der Waals surface area contributed by atoms with Crippen molar-refractivity contribution in [2.24, 2.45) is 0 Å². The molecule has 0 saturated heterocycles. The first-order chi connectivity index (χ1) is 15.5. The smallest absolute Gasteiger partial charge is 0.329 e.